The molecule has 3 heteroatoms. The van der Waals surface area contributed by atoms with E-state index in [1.807, 2.05) is 0 Å². The van der Waals surface area contributed by atoms with E-state index < -0.39 is 0 Å². The predicted octanol–water partition coefficient (Wildman–Crippen LogP) is 3.53. The number of fused-ring (bicyclic) bond motifs is 1. The molecule has 128 valence electrons. The molecular weight excluding hydrogens is 272 g/mol. The highest BCUT2D eigenvalue weighted by molar-refractivity contribution is 4.99. The van der Waals surface area contributed by atoms with E-state index >= 15 is 0 Å². The highest BCUT2D eigenvalue weighted by Crippen LogP contribution is 2.44. The number of nitrogens with zero attached hydrogens (tertiary/aromatic N) is 2. The van der Waals surface area contributed by atoms with Crippen molar-refractivity contribution in [3.05, 3.63) is 0 Å². The molecule has 3 heterocycles. The second-order valence-electron chi connectivity index (χ2n) is 9.02. The van der Waals surface area contributed by atoms with Crippen molar-refractivity contribution < 1.29 is 4.74 Å². The Morgan fingerprint density at radius 3 is 2.27 bits per heavy atom. The van der Waals surface area contributed by atoms with Crippen LogP contribution < -0.4 is 0 Å². The molecule has 0 bridgehead atoms. The molecule has 0 aromatic carbocycles. The summed E-state index contributed by atoms with van der Waals surface area (Å²) < 4.78 is 6.51. The average molecular weight is 309 g/mol. The van der Waals surface area contributed by atoms with Gasteiger partial charge in [-0.25, -0.2) is 0 Å². The van der Waals surface area contributed by atoms with Crippen LogP contribution in [0.3, 0.4) is 0 Å². The normalized spacial score (nSPS) is 38.2. The van der Waals surface area contributed by atoms with Gasteiger partial charge in [0.2, 0.25) is 0 Å². The Kier molecular flexibility index (Phi) is 4.61. The molecule has 3 saturated heterocycles. The summed E-state index contributed by atoms with van der Waals surface area (Å²) in [5, 5.41) is 0. The van der Waals surface area contributed by atoms with Gasteiger partial charge in [-0.1, -0.05) is 0 Å². The molecule has 2 atom stereocenters. The molecule has 0 N–H and O–H groups in total. The lowest BCUT2D eigenvalue weighted by molar-refractivity contribution is -0.217. The first kappa shape index (κ1) is 16.7. The van der Waals surface area contributed by atoms with Crippen LogP contribution in [0.2, 0.25) is 0 Å². The number of piperidine rings is 2. The molecule has 3 aliphatic rings. The number of ether oxygens (including phenoxy) is 1. The summed E-state index contributed by atoms with van der Waals surface area (Å²) in [6.45, 7) is 16.6. The molecule has 3 rings (SSSR count). The van der Waals surface area contributed by atoms with E-state index in [1.165, 1.54) is 58.3 Å². The van der Waals surface area contributed by atoms with Crippen LogP contribution in [0.15, 0.2) is 0 Å². The number of hydrogen-bond donors (Lipinski definition) is 0. The quantitative estimate of drug-likeness (QED) is 0.776. The monoisotopic (exact) mass is 308 g/mol. The van der Waals surface area contributed by atoms with Gasteiger partial charge in [0.05, 0.1) is 11.2 Å². The average Bonchev–Trinajstić information content (AvgIpc) is 2.45. The summed E-state index contributed by atoms with van der Waals surface area (Å²) in [5.74, 6) is 0.734. The summed E-state index contributed by atoms with van der Waals surface area (Å²) in [6.07, 6.45) is 6.48. The fourth-order valence-corrected chi connectivity index (χ4v) is 4.97. The van der Waals surface area contributed by atoms with Gasteiger partial charge in [-0.15, -0.1) is 0 Å². The molecule has 3 fully saturated rings. The molecule has 0 aliphatic carbocycles. The lowest BCUT2D eigenvalue weighted by Crippen LogP contribution is -2.60. The van der Waals surface area contributed by atoms with Crippen LogP contribution in [-0.4, -0.2) is 59.3 Å². The lowest BCUT2D eigenvalue weighted by Gasteiger charge is -2.55. The maximum absolute atomic E-state index is 6.51. The molecule has 22 heavy (non-hydrogen) atoms. The van der Waals surface area contributed by atoms with E-state index in [0.717, 1.165) is 12.0 Å². The summed E-state index contributed by atoms with van der Waals surface area (Å²) in [6, 6.07) is 1.52. The first-order valence-corrected chi connectivity index (χ1v) is 9.47. The summed E-state index contributed by atoms with van der Waals surface area (Å²) in [4.78, 5) is 5.43. The van der Waals surface area contributed by atoms with Gasteiger partial charge in [0.1, 0.15) is 0 Å². The summed E-state index contributed by atoms with van der Waals surface area (Å²) in [7, 11) is 0. The highest BCUT2D eigenvalue weighted by Gasteiger charge is 2.48. The van der Waals surface area contributed by atoms with Crippen LogP contribution in [0, 0.1) is 5.92 Å². The van der Waals surface area contributed by atoms with Crippen molar-refractivity contribution in [2.75, 3.05) is 26.2 Å². The smallest absolute Gasteiger partial charge is 0.0714 e. The fourth-order valence-electron chi connectivity index (χ4n) is 4.97. The first-order valence-electron chi connectivity index (χ1n) is 9.47. The predicted molar refractivity (Wildman–Crippen MR) is 92.2 cm³/mol. The van der Waals surface area contributed by atoms with Gasteiger partial charge in [-0.2, -0.15) is 0 Å². The topological polar surface area (TPSA) is 15.7 Å². The van der Waals surface area contributed by atoms with Crippen LogP contribution in [0.1, 0.15) is 66.7 Å². The SMILES string of the molecule is CC(C)N1CCC(N2CC[C@@]3(C)OC(C)(C)CC[C@H]3C2)CC1. The van der Waals surface area contributed by atoms with Crippen molar-refractivity contribution in [2.45, 2.75) is 90.0 Å². The van der Waals surface area contributed by atoms with E-state index in [0.29, 0.717) is 6.04 Å². The minimum absolute atomic E-state index is 0.0794. The third-order valence-corrected chi connectivity index (χ3v) is 6.56. The van der Waals surface area contributed by atoms with Gasteiger partial charge in [0.15, 0.2) is 0 Å². The molecule has 3 aliphatic heterocycles. The molecule has 0 spiro atoms. The van der Waals surface area contributed by atoms with E-state index in [2.05, 4.69) is 44.4 Å². The molecule has 0 radical (unpaired) electrons. The largest absolute Gasteiger partial charge is 0.369 e. The minimum Gasteiger partial charge on any atom is -0.369 e. The molecule has 0 unspecified atom stereocenters. The molecule has 0 saturated carbocycles. The zero-order valence-electron chi connectivity index (χ0n) is 15.4. The first-order chi connectivity index (χ1) is 10.3. The van der Waals surface area contributed by atoms with Gasteiger partial charge in [-0.3, -0.25) is 4.90 Å². The van der Waals surface area contributed by atoms with Crippen LogP contribution in [0.25, 0.3) is 0 Å². The molecule has 3 nitrogen and oxygen atoms in total. The minimum atomic E-state index is 0.0794. The molecule has 0 amide bonds. The third-order valence-electron chi connectivity index (χ3n) is 6.56. The van der Waals surface area contributed by atoms with E-state index in [9.17, 15) is 0 Å². The van der Waals surface area contributed by atoms with E-state index in [-0.39, 0.29) is 11.2 Å². The van der Waals surface area contributed by atoms with Gasteiger partial charge in [-0.05, 0) is 79.8 Å². The Labute approximate surface area is 137 Å². The highest BCUT2D eigenvalue weighted by atomic mass is 16.5. The van der Waals surface area contributed by atoms with Crippen molar-refractivity contribution in [1.29, 1.82) is 0 Å². The Hall–Kier alpha value is -0.120. The van der Waals surface area contributed by atoms with Gasteiger partial charge < -0.3 is 9.64 Å². The fraction of sp³-hybridized carbons (Fsp3) is 1.00. The zero-order valence-corrected chi connectivity index (χ0v) is 15.4. The second-order valence-corrected chi connectivity index (χ2v) is 9.02. The third kappa shape index (κ3) is 3.37. The summed E-state index contributed by atoms with van der Waals surface area (Å²) in [5.41, 5.74) is 0.201. The summed E-state index contributed by atoms with van der Waals surface area (Å²) >= 11 is 0. The zero-order chi connectivity index (χ0) is 16.0. The Morgan fingerprint density at radius 1 is 0.955 bits per heavy atom. The van der Waals surface area contributed by atoms with Crippen LogP contribution in [0.5, 0.6) is 0 Å². The molecular formula is C19H36N2O. The standard InChI is InChI=1S/C19H36N2O/c1-15(2)20-11-7-17(8-12-20)21-13-10-19(5)16(14-21)6-9-18(3,4)22-19/h15-17H,6-14H2,1-5H3/t16-,19+/m0/s1. The van der Waals surface area contributed by atoms with Gasteiger partial charge in [0.25, 0.3) is 0 Å². The Morgan fingerprint density at radius 2 is 1.64 bits per heavy atom. The number of hydrogen-bond acceptors (Lipinski definition) is 3. The number of likely N-dealkylation sites (tertiary alicyclic amines) is 2. The lowest BCUT2D eigenvalue weighted by atomic mass is 9.74. The van der Waals surface area contributed by atoms with E-state index in [1.54, 1.807) is 0 Å². The Balaban J connectivity index is 1.57. The van der Waals surface area contributed by atoms with Crippen molar-refractivity contribution >= 4 is 0 Å². The van der Waals surface area contributed by atoms with Crippen LogP contribution in [0.4, 0.5) is 0 Å². The second kappa shape index (κ2) is 6.07. The number of rotatable bonds is 2. The van der Waals surface area contributed by atoms with Crippen LogP contribution >= 0.6 is 0 Å². The maximum Gasteiger partial charge on any atom is 0.0714 e. The van der Waals surface area contributed by atoms with Gasteiger partial charge >= 0.3 is 0 Å². The van der Waals surface area contributed by atoms with Crippen molar-refractivity contribution in [2.24, 2.45) is 5.92 Å². The van der Waals surface area contributed by atoms with Crippen LogP contribution in [-0.2, 0) is 4.74 Å². The Bertz CT molecular complexity index is 387. The van der Waals surface area contributed by atoms with Crippen molar-refractivity contribution in [3.8, 4) is 0 Å². The van der Waals surface area contributed by atoms with E-state index in [4.69, 9.17) is 4.74 Å². The maximum atomic E-state index is 6.51. The molecule has 0 aromatic rings. The van der Waals surface area contributed by atoms with Crippen molar-refractivity contribution in [3.63, 3.8) is 0 Å². The van der Waals surface area contributed by atoms with Crippen molar-refractivity contribution in [1.82, 2.24) is 9.80 Å². The molecule has 0 aromatic heterocycles. The van der Waals surface area contributed by atoms with Gasteiger partial charge in [0, 0.05) is 31.1 Å².